The van der Waals surface area contributed by atoms with E-state index in [-0.39, 0.29) is 0 Å². The zero-order valence-corrected chi connectivity index (χ0v) is 12.3. The summed E-state index contributed by atoms with van der Waals surface area (Å²) in [5.41, 5.74) is 7.02. The molecule has 0 fully saturated rings. The van der Waals surface area contributed by atoms with Gasteiger partial charge in [0.05, 0.1) is 16.6 Å². The molecular weight excluding hydrogens is 303 g/mol. The van der Waals surface area contributed by atoms with Crippen LogP contribution in [-0.4, -0.2) is 16.1 Å². The van der Waals surface area contributed by atoms with Gasteiger partial charge in [0.25, 0.3) is 0 Å². The summed E-state index contributed by atoms with van der Waals surface area (Å²) in [5.74, 6) is 0.700. The number of fused-ring (bicyclic) bond motifs is 1. The van der Waals surface area contributed by atoms with Crippen LogP contribution >= 0.6 is 0 Å². The number of aromatic nitrogens is 2. The summed E-state index contributed by atoms with van der Waals surface area (Å²) in [6.45, 7) is 0.947. The Labute approximate surface area is 131 Å². The van der Waals surface area contributed by atoms with Crippen molar-refractivity contribution in [3.8, 4) is 0 Å². The van der Waals surface area contributed by atoms with E-state index in [1.165, 1.54) is 6.07 Å². The number of nitrogens with two attached hydrogens (primary N) is 1. The summed E-state index contributed by atoms with van der Waals surface area (Å²) in [4.78, 5) is 4.36. The number of hydrogen-bond donors (Lipinski definition) is 1. The van der Waals surface area contributed by atoms with E-state index >= 15 is 0 Å². The molecule has 23 heavy (non-hydrogen) atoms. The molecule has 2 aromatic carbocycles. The number of hydrogen-bond acceptors (Lipinski definition) is 2. The lowest BCUT2D eigenvalue weighted by Crippen LogP contribution is -2.10. The lowest BCUT2D eigenvalue weighted by molar-refractivity contribution is -0.137. The minimum atomic E-state index is -4.37. The molecule has 3 rings (SSSR count). The van der Waals surface area contributed by atoms with Crippen molar-refractivity contribution < 1.29 is 13.2 Å². The standard InChI is InChI=1S/C17H16F3N3/c18-17(19,20)13-6-7-15-14(10-13)22-16(8-9-21)23(15)11-12-4-2-1-3-5-12/h1-7,10H,8-9,11,21H2. The van der Waals surface area contributed by atoms with Crippen LogP contribution in [0.15, 0.2) is 48.5 Å². The Morgan fingerprint density at radius 1 is 1.04 bits per heavy atom. The molecule has 6 heteroatoms. The van der Waals surface area contributed by atoms with Gasteiger partial charge in [0.2, 0.25) is 0 Å². The highest BCUT2D eigenvalue weighted by atomic mass is 19.4. The maximum Gasteiger partial charge on any atom is 0.416 e. The summed E-state index contributed by atoms with van der Waals surface area (Å²) in [7, 11) is 0. The normalized spacial score (nSPS) is 12.0. The number of nitrogens with zero attached hydrogens (tertiary/aromatic N) is 2. The van der Waals surface area contributed by atoms with E-state index in [1.54, 1.807) is 0 Å². The highest BCUT2D eigenvalue weighted by molar-refractivity contribution is 5.77. The quantitative estimate of drug-likeness (QED) is 0.798. The van der Waals surface area contributed by atoms with Gasteiger partial charge in [-0.2, -0.15) is 13.2 Å². The minimum Gasteiger partial charge on any atom is -0.330 e. The molecule has 1 heterocycles. The third-order valence-electron chi connectivity index (χ3n) is 3.71. The van der Waals surface area contributed by atoms with Crippen LogP contribution in [0.4, 0.5) is 13.2 Å². The van der Waals surface area contributed by atoms with Gasteiger partial charge in [0, 0.05) is 13.0 Å². The summed E-state index contributed by atoms with van der Waals surface area (Å²) < 4.78 is 40.5. The lowest BCUT2D eigenvalue weighted by Gasteiger charge is -2.10. The van der Waals surface area contributed by atoms with Crippen LogP contribution in [0.3, 0.4) is 0 Å². The Kier molecular flexibility index (Phi) is 4.09. The summed E-state index contributed by atoms with van der Waals surface area (Å²) in [6, 6.07) is 13.4. The molecule has 0 bridgehead atoms. The molecule has 0 aliphatic rings. The van der Waals surface area contributed by atoms with Gasteiger partial charge in [0.1, 0.15) is 5.82 Å². The predicted octanol–water partition coefficient (Wildman–Crippen LogP) is 3.60. The summed E-state index contributed by atoms with van der Waals surface area (Å²) in [5, 5.41) is 0. The van der Waals surface area contributed by atoms with Crippen molar-refractivity contribution in [2.45, 2.75) is 19.1 Å². The van der Waals surface area contributed by atoms with Gasteiger partial charge in [-0.05, 0) is 30.3 Å². The zero-order chi connectivity index (χ0) is 16.4. The van der Waals surface area contributed by atoms with Crippen LogP contribution in [0.5, 0.6) is 0 Å². The van der Waals surface area contributed by atoms with Crippen LogP contribution in [0.1, 0.15) is 17.0 Å². The smallest absolute Gasteiger partial charge is 0.330 e. The second kappa shape index (κ2) is 6.04. The van der Waals surface area contributed by atoms with Crippen LogP contribution in [0.2, 0.25) is 0 Å². The fourth-order valence-electron chi connectivity index (χ4n) is 2.62. The second-order valence-corrected chi connectivity index (χ2v) is 5.34. The first-order valence-electron chi connectivity index (χ1n) is 7.29. The molecule has 0 amide bonds. The zero-order valence-electron chi connectivity index (χ0n) is 12.3. The van der Waals surface area contributed by atoms with Crippen LogP contribution in [0.25, 0.3) is 11.0 Å². The van der Waals surface area contributed by atoms with Gasteiger partial charge >= 0.3 is 6.18 Å². The molecule has 0 aliphatic heterocycles. The molecule has 0 atom stereocenters. The highest BCUT2D eigenvalue weighted by Crippen LogP contribution is 2.31. The van der Waals surface area contributed by atoms with Crippen LogP contribution < -0.4 is 5.73 Å². The molecule has 2 N–H and O–H groups in total. The van der Waals surface area contributed by atoms with Crippen LogP contribution in [-0.2, 0) is 19.1 Å². The van der Waals surface area contributed by atoms with Gasteiger partial charge in [-0.25, -0.2) is 4.98 Å². The van der Waals surface area contributed by atoms with Crippen molar-refractivity contribution in [1.29, 1.82) is 0 Å². The monoisotopic (exact) mass is 319 g/mol. The van der Waals surface area contributed by atoms with Crippen molar-refractivity contribution in [2.24, 2.45) is 5.73 Å². The Morgan fingerprint density at radius 2 is 1.78 bits per heavy atom. The van der Waals surface area contributed by atoms with E-state index in [0.717, 1.165) is 17.7 Å². The average Bonchev–Trinajstić information content (AvgIpc) is 2.85. The number of benzene rings is 2. The van der Waals surface area contributed by atoms with Crippen molar-refractivity contribution in [1.82, 2.24) is 9.55 Å². The molecule has 0 spiro atoms. The van der Waals surface area contributed by atoms with E-state index in [2.05, 4.69) is 4.98 Å². The third kappa shape index (κ3) is 3.22. The Morgan fingerprint density at radius 3 is 2.43 bits per heavy atom. The van der Waals surface area contributed by atoms with Crippen molar-refractivity contribution in [3.63, 3.8) is 0 Å². The Bertz CT molecular complexity index is 807. The fraction of sp³-hybridized carbons (Fsp3) is 0.235. The Balaban J connectivity index is 2.09. The van der Waals surface area contributed by atoms with E-state index in [9.17, 15) is 13.2 Å². The van der Waals surface area contributed by atoms with Crippen molar-refractivity contribution in [3.05, 3.63) is 65.5 Å². The fourth-order valence-corrected chi connectivity index (χ4v) is 2.62. The first-order valence-corrected chi connectivity index (χ1v) is 7.29. The maximum absolute atomic E-state index is 12.9. The first kappa shape index (κ1) is 15.6. The van der Waals surface area contributed by atoms with Crippen molar-refractivity contribution >= 4 is 11.0 Å². The van der Waals surface area contributed by atoms with Gasteiger partial charge in [-0.1, -0.05) is 30.3 Å². The maximum atomic E-state index is 12.9. The van der Waals surface area contributed by atoms with E-state index < -0.39 is 11.7 Å². The molecule has 0 radical (unpaired) electrons. The number of rotatable bonds is 4. The number of alkyl halides is 3. The van der Waals surface area contributed by atoms with Crippen LogP contribution in [0, 0.1) is 0 Å². The molecule has 3 aromatic rings. The van der Waals surface area contributed by atoms with Crippen molar-refractivity contribution in [2.75, 3.05) is 6.54 Å². The summed E-state index contributed by atoms with van der Waals surface area (Å²) >= 11 is 0. The summed E-state index contributed by atoms with van der Waals surface area (Å²) in [6.07, 6.45) is -3.85. The molecule has 0 aliphatic carbocycles. The van der Waals surface area contributed by atoms with E-state index in [4.69, 9.17) is 5.73 Å². The van der Waals surface area contributed by atoms with Gasteiger partial charge in [-0.15, -0.1) is 0 Å². The second-order valence-electron chi connectivity index (χ2n) is 5.34. The molecule has 0 unspecified atom stereocenters. The molecular formula is C17H16F3N3. The lowest BCUT2D eigenvalue weighted by atomic mass is 10.2. The van der Waals surface area contributed by atoms with Gasteiger partial charge in [0.15, 0.2) is 0 Å². The third-order valence-corrected chi connectivity index (χ3v) is 3.71. The SMILES string of the molecule is NCCc1nc2cc(C(F)(F)F)ccc2n1Cc1ccccc1. The topological polar surface area (TPSA) is 43.8 Å². The number of halogens is 3. The van der Waals surface area contributed by atoms with E-state index in [1.807, 2.05) is 34.9 Å². The molecule has 120 valence electrons. The molecule has 1 aromatic heterocycles. The highest BCUT2D eigenvalue weighted by Gasteiger charge is 2.31. The van der Waals surface area contributed by atoms with Gasteiger partial charge in [-0.3, -0.25) is 0 Å². The predicted molar refractivity (Wildman–Crippen MR) is 83.0 cm³/mol. The molecule has 0 saturated heterocycles. The van der Waals surface area contributed by atoms with Gasteiger partial charge < -0.3 is 10.3 Å². The molecule has 3 nitrogen and oxygen atoms in total. The largest absolute Gasteiger partial charge is 0.416 e. The average molecular weight is 319 g/mol. The molecule has 0 saturated carbocycles. The van der Waals surface area contributed by atoms with E-state index in [0.29, 0.717) is 36.4 Å². The number of imidazole rings is 1. The Hall–Kier alpha value is -2.34. The minimum absolute atomic E-state index is 0.346. The first-order chi connectivity index (χ1) is 11.0.